The van der Waals surface area contributed by atoms with Crippen molar-refractivity contribution in [2.45, 2.75) is 228 Å². The van der Waals surface area contributed by atoms with Crippen molar-refractivity contribution in [2.75, 3.05) is 0 Å². The van der Waals surface area contributed by atoms with Gasteiger partial charge in [-0.3, -0.25) is 0 Å². The van der Waals surface area contributed by atoms with Crippen molar-refractivity contribution in [3.8, 4) is 101 Å². The van der Waals surface area contributed by atoms with Crippen LogP contribution in [-0.2, 0) is 66.7 Å². The quantitative estimate of drug-likeness (QED) is 0.0708. The minimum Gasteiger partial charge on any atom is -0.486 e. The first-order valence-corrected chi connectivity index (χ1v) is 47.3. The number of hydrogen-bond acceptors (Lipinski definition) is 12. The summed E-state index contributed by atoms with van der Waals surface area (Å²) < 4.78 is 389. The molecule has 21 rings (SSSR count). The van der Waals surface area contributed by atoms with Crippen LogP contribution in [0.2, 0.25) is 0 Å². The molecular formula is C134H133Ir3N9O3-6. The molecule has 0 aliphatic heterocycles. The molecule has 0 unspecified atom stereocenters. The maximum Gasteiger partial charge on any atom is 0.216 e. The van der Waals surface area contributed by atoms with Gasteiger partial charge in [-0.1, -0.05) is 224 Å². The van der Waals surface area contributed by atoms with Gasteiger partial charge in [-0.05, 0) is 321 Å². The zero-order chi connectivity index (χ0) is 143. The van der Waals surface area contributed by atoms with E-state index in [1.165, 1.54) is 128 Å². The molecule has 765 valence electrons. The topological polar surface area (TPSA) is 155 Å². The molecule has 0 saturated carbocycles. The van der Waals surface area contributed by atoms with Crippen LogP contribution < -0.4 is 0 Å². The van der Waals surface area contributed by atoms with E-state index in [-0.39, 0.29) is 206 Å². The first-order chi connectivity index (χ1) is 89.1. The standard InChI is InChI=1S/3C30H29N2O.C17H20N.C14H14N.C13H12N.3Ir/c3*1-6-21(7-2)22-12-14-23(18(3)15-22)27-16-28(31-17-19(27)4)26-10-8-9-24-25-13-11-20(5)32-30(25)33-29(24)26;1-13-5-8-15(9-6-13)16-10-7-14(12-18-16)11-17(2,3)4;1-10-4-6-13(7-5-10)14-8-11(2)12(3)9-15-14;1-10-3-6-12(7-4-10)13-8-5-11(2)9-14-13;;;/h3*8-9,11-17,21H,6-7H2,1-5H3;5-8,10,12H,11H2,1-4H3;4-6,8-9H,1-3H3;3-6,8-9H,1-2H3;;;/q6*-1;;;/i3*3D3,4D3,5D3,21D;1D3,11D2;1D3,3D3;1D3,2D3;;;. The first-order valence-electron chi connectivity index (χ1n) is 70.8. The summed E-state index contributed by atoms with van der Waals surface area (Å²) in [7, 11) is 0. The maximum absolute atomic E-state index is 8.86. The van der Waals surface area contributed by atoms with Crippen LogP contribution in [0.25, 0.3) is 167 Å². The fraction of sp³-hybridized carbons (Fsp3) is 0.261. The Kier molecular flexibility index (Phi) is 22.1. The molecule has 12 heterocycles. The van der Waals surface area contributed by atoms with Crippen LogP contribution in [0.5, 0.6) is 0 Å². The van der Waals surface area contributed by atoms with Crippen molar-refractivity contribution in [3.63, 3.8) is 0 Å². The molecule has 0 aliphatic carbocycles. The molecule has 21 aromatic rings. The number of benzene rings is 9. The summed E-state index contributed by atoms with van der Waals surface area (Å²) in [6.45, 7) is -15.2. The minimum absolute atomic E-state index is 0. The van der Waals surface area contributed by atoms with Gasteiger partial charge >= 0.3 is 0 Å². The van der Waals surface area contributed by atoms with Gasteiger partial charge in [0.05, 0.1) is 16.7 Å². The summed E-state index contributed by atoms with van der Waals surface area (Å²) in [5.41, 5.74) is 10.4. The van der Waals surface area contributed by atoms with Crippen LogP contribution in [0.4, 0.5) is 0 Å². The van der Waals surface area contributed by atoms with E-state index in [9.17, 15) is 0 Å². The van der Waals surface area contributed by atoms with Crippen molar-refractivity contribution in [2.24, 2.45) is 5.41 Å². The number of pyridine rings is 9. The summed E-state index contributed by atoms with van der Waals surface area (Å²) in [6.07, 6.45) is 9.16. The molecule has 9 aromatic carbocycles. The Morgan fingerprint density at radius 3 is 0.913 bits per heavy atom. The number of nitrogens with zero attached hydrogens (tertiary/aromatic N) is 9. The Morgan fingerprint density at radius 2 is 0.617 bits per heavy atom. The van der Waals surface area contributed by atoms with E-state index in [4.69, 9.17) is 77.7 Å². The number of aromatic nitrogens is 9. The number of hydrogen-bond donors (Lipinski definition) is 0. The van der Waals surface area contributed by atoms with Gasteiger partial charge in [-0.25, -0.2) is 15.0 Å². The zero-order valence-corrected chi connectivity index (χ0v) is 90.1. The molecule has 12 aromatic heterocycles. The predicted octanol–water partition coefficient (Wildman–Crippen LogP) is 36.1. The molecule has 0 N–H and O–H groups in total. The monoisotopic (exact) mass is 2540 g/mol. The van der Waals surface area contributed by atoms with E-state index in [1.807, 2.05) is 62.3 Å². The Balaban J connectivity index is 0.000000194. The molecule has 0 amide bonds. The maximum atomic E-state index is 8.86. The smallest absolute Gasteiger partial charge is 0.216 e. The fourth-order valence-corrected chi connectivity index (χ4v) is 16.9. The molecule has 0 spiro atoms. The van der Waals surface area contributed by atoms with Gasteiger partial charge in [0.2, 0.25) is 17.1 Å². The second-order valence-corrected chi connectivity index (χ2v) is 35.4. The summed E-state index contributed by atoms with van der Waals surface area (Å²) in [5, 5.41) is 3.66. The van der Waals surface area contributed by atoms with Crippen LogP contribution in [0, 0.1) is 145 Å². The van der Waals surface area contributed by atoms with Gasteiger partial charge < -0.3 is 43.2 Å². The molecule has 0 saturated heterocycles. The van der Waals surface area contributed by atoms with Crippen LogP contribution in [0.3, 0.4) is 0 Å². The minimum atomic E-state index is -2.61. The largest absolute Gasteiger partial charge is 0.486 e. The van der Waals surface area contributed by atoms with Gasteiger partial charge in [0.1, 0.15) is 0 Å². The normalized spacial score (nSPS) is 17.3. The third-order valence-electron chi connectivity index (χ3n) is 24.5. The molecule has 0 aliphatic rings. The molecule has 12 nitrogen and oxygen atoms in total. The second kappa shape index (κ2) is 50.8. The van der Waals surface area contributed by atoms with Crippen molar-refractivity contribution in [3.05, 3.63) is 410 Å². The first kappa shape index (κ1) is 64.9. The summed E-state index contributed by atoms with van der Waals surface area (Å²) in [4.78, 5) is 38.4. The summed E-state index contributed by atoms with van der Waals surface area (Å²) in [5.74, 6) is -2.98. The van der Waals surface area contributed by atoms with Crippen LogP contribution in [-0.4, -0.2) is 44.9 Å². The number of furan rings is 3. The molecule has 0 bridgehead atoms. The van der Waals surface area contributed by atoms with E-state index in [0.29, 0.717) is 166 Å². The SMILES string of the molecule is [2H]C([2H])([2H])c1c[c-]c(-c2cc(C)c(C([2H])([2H])[2H])cn2)cc1.[2H]C([2H])([2H])c1c[c-]c(-c2ccc(C([2H])([2H])C(C)(C)C)cn2)cc1.[2H]C([2H])([2H])c1c[c-]c(-c2ccc(C([2H])([2H])[2H])cn2)cc1.[2H]C([2H])([2H])c1ccc2c(n1)oc1c(-c3cc(-c4ccc(C([2H])(CC)CC)cc4C([2H])([2H])[2H])c(C([2H])([2H])[2H])cn3)[c-]ccc12.[2H]C([2H])([2H])c1ccc2c(n1)oc1c(-c3cc(-c4ccc(C([2H])(CC)CC)cc4C([2H])([2H])[2H])c(C([2H])([2H])[2H])cn3)[c-]ccc12.[2H]C([2H])([2H])c1ccc2c(n1)oc1c(-c3cc(-c4ccc(C([2H])(CC)CC)cc4C([2H])([2H])[2H])c(C([2H])([2H])[2H])cn3)[c-]ccc12.[Ir].[Ir].[Ir]. The van der Waals surface area contributed by atoms with Crippen LogP contribution >= 0.6 is 0 Å². The van der Waals surface area contributed by atoms with Crippen molar-refractivity contribution in [1.29, 1.82) is 0 Å². The molecule has 0 atom stereocenters. The summed E-state index contributed by atoms with van der Waals surface area (Å²) >= 11 is 0. The Morgan fingerprint density at radius 1 is 0.289 bits per heavy atom. The third-order valence-corrected chi connectivity index (χ3v) is 24.5. The molecule has 149 heavy (non-hydrogen) atoms. The van der Waals surface area contributed by atoms with Gasteiger partial charge in [0.15, 0.2) is 0 Å². The Labute approximate surface area is 988 Å². The third kappa shape index (κ3) is 26.8. The zero-order valence-electron chi connectivity index (χ0n) is 130. The van der Waals surface area contributed by atoms with Crippen LogP contribution in [0.1, 0.15) is 289 Å². The molecule has 3 radical (unpaired) electrons. The molecule has 15 heteroatoms. The average Bonchev–Trinajstić information content (AvgIpc) is 1.50. The van der Waals surface area contributed by atoms with E-state index < -0.39 is 125 Å². The number of aryl methyl sites for hydroxylation is 15. The Hall–Kier alpha value is -13.3. The van der Waals surface area contributed by atoms with E-state index >= 15 is 0 Å². The second-order valence-electron chi connectivity index (χ2n) is 35.4. The van der Waals surface area contributed by atoms with Gasteiger partial charge in [0.25, 0.3) is 0 Å². The van der Waals surface area contributed by atoms with E-state index in [2.05, 4.69) is 81.3 Å². The van der Waals surface area contributed by atoms with E-state index in [1.54, 1.807) is 146 Å². The Bertz CT molecular complexity index is 9560. The fourth-order valence-electron chi connectivity index (χ4n) is 16.9. The van der Waals surface area contributed by atoms with Crippen molar-refractivity contribution < 1.29 is 138 Å². The van der Waals surface area contributed by atoms with Crippen molar-refractivity contribution in [1.82, 2.24) is 44.9 Å². The van der Waals surface area contributed by atoms with Gasteiger partial charge in [0, 0.05) is 195 Å². The average molecular weight is 2540 g/mol. The van der Waals surface area contributed by atoms with E-state index in [0.717, 1.165) is 0 Å². The van der Waals surface area contributed by atoms with Crippen LogP contribution in [0.15, 0.2) is 281 Å². The summed E-state index contributed by atoms with van der Waals surface area (Å²) in [6, 6.07) is 78.0. The molecule has 0 fully saturated rings. The predicted molar refractivity (Wildman–Crippen MR) is 607 cm³/mol. The number of rotatable bonds is 19. The van der Waals surface area contributed by atoms with Crippen molar-refractivity contribution >= 4 is 66.2 Å². The van der Waals surface area contributed by atoms with Gasteiger partial charge in [-0.15, -0.1) is 161 Å². The molecular weight excluding hydrogens is 2360 g/mol. The van der Waals surface area contributed by atoms with Gasteiger partial charge in [-0.2, -0.15) is 0 Å². The number of fused-ring (bicyclic) bond motifs is 9.